The molecule has 132 valence electrons. The van der Waals surface area contributed by atoms with Gasteiger partial charge in [0, 0.05) is 47.5 Å². The van der Waals surface area contributed by atoms with E-state index in [4.69, 9.17) is 0 Å². The Morgan fingerprint density at radius 3 is 2.44 bits per heavy atom. The molecule has 0 N–H and O–H groups in total. The van der Waals surface area contributed by atoms with Gasteiger partial charge in [-0.3, -0.25) is 0 Å². The van der Waals surface area contributed by atoms with Crippen molar-refractivity contribution in [1.82, 2.24) is 9.80 Å². The minimum Gasteiger partial charge on any atom is -0.374 e. The second-order valence-corrected chi connectivity index (χ2v) is 7.03. The Labute approximate surface area is 153 Å². The molecule has 0 aromatic carbocycles. The Kier molecular flexibility index (Phi) is 6.15. The molecule has 0 amide bonds. The largest absolute Gasteiger partial charge is 0.374 e. The molecule has 0 spiro atoms. The smallest absolute Gasteiger partial charge is 0.0368 e. The summed E-state index contributed by atoms with van der Waals surface area (Å²) < 4.78 is 0. The maximum Gasteiger partial charge on any atom is 0.0368 e. The topological polar surface area (TPSA) is 6.48 Å². The van der Waals surface area contributed by atoms with Crippen LogP contribution in [0.2, 0.25) is 0 Å². The van der Waals surface area contributed by atoms with Gasteiger partial charge in [0.05, 0.1) is 0 Å². The quantitative estimate of drug-likeness (QED) is 0.627. The highest BCUT2D eigenvalue weighted by atomic mass is 15.2. The molecule has 0 radical (unpaired) electrons. The zero-order chi connectivity index (χ0) is 18.6. The molecule has 1 aliphatic carbocycles. The average molecular weight is 335 g/mol. The number of rotatable bonds is 3. The van der Waals surface area contributed by atoms with Crippen molar-refractivity contribution in [3.05, 3.63) is 70.4 Å². The van der Waals surface area contributed by atoms with E-state index in [0.717, 1.165) is 41.9 Å². The Balaban J connectivity index is 2.28. The van der Waals surface area contributed by atoms with Crippen LogP contribution in [0.5, 0.6) is 0 Å². The Morgan fingerprint density at radius 1 is 1.16 bits per heavy atom. The maximum atomic E-state index is 4.18. The minimum absolute atomic E-state index is 0.921. The lowest BCUT2D eigenvalue weighted by atomic mass is 10.0. The molecule has 0 fully saturated rings. The number of nitrogens with zero attached hydrogens (tertiary/aromatic N) is 2. The van der Waals surface area contributed by atoms with Gasteiger partial charge in [0.25, 0.3) is 0 Å². The lowest BCUT2D eigenvalue weighted by molar-refractivity contribution is 0.459. The molecule has 0 bridgehead atoms. The third kappa shape index (κ3) is 4.79. The molecule has 2 heteroatoms. The minimum atomic E-state index is 0.921. The van der Waals surface area contributed by atoms with Gasteiger partial charge in [0.1, 0.15) is 0 Å². The van der Waals surface area contributed by atoms with E-state index in [1.165, 1.54) is 17.0 Å². The highest BCUT2D eigenvalue weighted by Gasteiger charge is 2.15. The fourth-order valence-corrected chi connectivity index (χ4v) is 2.95. The van der Waals surface area contributed by atoms with Gasteiger partial charge in [-0.25, -0.2) is 0 Å². The van der Waals surface area contributed by atoms with Gasteiger partial charge in [-0.05, 0) is 65.7 Å². The van der Waals surface area contributed by atoms with E-state index in [1.54, 1.807) is 0 Å². The predicted molar refractivity (Wildman–Crippen MR) is 108 cm³/mol. The van der Waals surface area contributed by atoms with Crippen molar-refractivity contribution in [3.8, 4) is 11.8 Å². The number of allylic oxidation sites excluding steroid dienone is 10. The van der Waals surface area contributed by atoms with Crippen LogP contribution in [-0.2, 0) is 0 Å². The van der Waals surface area contributed by atoms with Gasteiger partial charge in [-0.1, -0.05) is 30.1 Å². The van der Waals surface area contributed by atoms with Gasteiger partial charge in [0.2, 0.25) is 0 Å². The summed E-state index contributed by atoms with van der Waals surface area (Å²) in [5, 5.41) is 0. The lowest BCUT2D eigenvalue weighted by Crippen LogP contribution is -2.20. The summed E-state index contributed by atoms with van der Waals surface area (Å²) in [5.74, 6) is 6.66. The first-order valence-electron chi connectivity index (χ1n) is 8.90. The van der Waals surface area contributed by atoms with Crippen LogP contribution in [0, 0.1) is 11.8 Å². The molecule has 1 aliphatic heterocycles. The van der Waals surface area contributed by atoms with Gasteiger partial charge >= 0.3 is 0 Å². The summed E-state index contributed by atoms with van der Waals surface area (Å²) in [4.78, 5) is 4.46. The maximum absolute atomic E-state index is 4.18. The molecule has 2 nitrogen and oxygen atoms in total. The Hall–Kier alpha value is -2.40. The first-order valence-corrected chi connectivity index (χ1v) is 8.90. The van der Waals surface area contributed by atoms with Gasteiger partial charge in [0.15, 0.2) is 0 Å². The second kappa shape index (κ2) is 8.12. The molecule has 0 unspecified atom stereocenters. The summed E-state index contributed by atoms with van der Waals surface area (Å²) >= 11 is 0. The first kappa shape index (κ1) is 18.9. The van der Waals surface area contributed by atoms with Crippen LogP contribution in [0.4, 0.5) is 0 Å². The summed E-state index contributed by atoms with van der Waals surface area (Å²) in [5.41, 5.74) is 8.36. The van der Waals surface area contributed by atoms with Crippen molar-refractivity contribution in [2.45, 2.75) is 47.5 Å². The van der Waals surface area contributed by atoms with Crippen LogP contribution in [0.15, 0.2) is 70.4 Å². The third-order valence-electron chi connectivity index (χ3n) is 4.83. The average Bonchev–Trinajstić information content (AvgIpc) is 2.57. The Bertz CT molecular complexity index is 773. The molecule has 0 atom stereocenters. The van der Waals surface area contributed by atoms with Gasteiger partial charge in [-0.15, -0.1) is 0 Å². The zero-order valence-electron chi connectivity index (χ0n) is 16.5. The third-order valence-corrected chi connectivity index (χ3v) is 4.83. The number of hydrogen-bond acceptors (Lipinski definition) is 2. The molecule has 1 heterocycles. The van der Waals surface area contributed by atoms with Crippen LogP contribution < -0.4 is 0 Å². The first-order chi connectivity index (χ1) is 11.8. The molecule has 2 rings (SSSR count). The molecular formula is C23H30N2. The van der Waals surface area contributed by atoms with E-state index in [9.17, 15) is 0 Å². The van der Waals surface area contributed by atoms with Crippen molar-refractivity contribution in [3.63, 3.8) is 0 Å². The molecular weight excluding hydrogens is 304 g/mol. The highest BCUT2D eigenvalue weighted by molar-refractivity contribution is 5.47. The highest BCUT2D eigenvalue weighted by Crippen LogP contribution is 2.28. The molecule has 0 saturated heterocycles. The van der Waals surface area contributed by atoms with E-state index in [-0.39, 0.29) is 0 Å². The fraction of sp³-hybridized carbons (Fsp3) is 0.391. The van der Waals surface area contributed by atoms with Crippen molar-refractivity contribution < 1.29 is 0 Å². The summed E-state index contributed by atoms with van der Waals surface area (Å²) in [6, 6.07) is 0. The van der Waals surface area contributed by atoms with Crippen LogP contribution >= 0.6 is 0 Å². The fourth-order valence-electron chi connectivity index (χ4n) is 2.95. The van der Waals surface area contributed by atoms with Crippen LogP contribution in [0.3, 0.4) is 0 Å². The van der Waals surface area contributed by atoms with E-state index >= 15 is 0 Å². The van der Waals surface area contributed by atoms with E-state index < -0.39 is 0 Å². The second-order valence-electron chi connectivity index (χ2n) is 7.03. The van der Waals surface area contributed by atoms with E-state index in [1.807, 2.05) is 0 Å². The molecule has 2 aliphatic rings. The monoisotopic (exact) mass is 334 g/mol. The van der Waals surface area contributed by atoms with Crippen molar-refractivity contribution in [2.75, 3.05) is 13.6 Å². The number of likely N-dealkylation sites (N-methyl/N-ethyl adjacent to an activating group) is 1. The lowest BCUT2D eigenvalue weighted by Gasteiger charge is -2.30. The SMILES string of the molecule is C=C(C)N(C1=CC=C(C)CC1)/C(C)=C(\C)C#CC1=CCN(C)C(C)=C1. The summed E-state index contributed by atoms with van der Waals surface area (Å²) in [6.07, 6.45) is 10.9. The standard InChI is InChI=1S/C23H30N2/c1-17(2)25(23-12-8-18(3)9-13-23)21(6)19(4)10-11-22-14-15-24(7)20(5)16-22/h8,12,14,16H,1,9,13,15H2,2-7H3/b21-19+. The molecule has 0 saturated carbocycles. The zero-order valence-corrected chi connectivity index (χ0v) is 16.5. The van der Waals surface area contributed by atoms with Gasteiger partial charge < -0.3 is 9.80 Å². The van der Waals surface area contributed by atoms with Crippen molar-refractivity contribution in [1.29, 1.82) is 0 Å². The van der Waals surface area contributed by atoms with E-state index in [2.05, 4.69) is 94.2 Å². The van der Waals surface area contributed by atoms with Crippen LogP contribution in [-0.4, -0.2) is 23.4 Å². The van der Waals surface area contributed by atoms with E-state index in [0.29, 0.717) is 0 Å². The predicted octanol–water partition coefficient (Wildman–Crippen LogP) is 5.52. The molecule has 25 heavy (non-hydrogen) atoms. The van der Waals surface area contributed by atoms with Crippen molar-refractivity contribution in [2.24, 2.45) is 0 Å². The van der Waals surface area contributed by atoms with Crippen LogP contribution in [0.25, 0.3) is 0 Å². The molecule has 0 aromatic rings. The summed E-state index contributed by atoms with van der Waals surface area (Å²) in [7, 11) is 2.10. The van der Waals surface area contributed by atoms with Crippen LogP contribution in [0.1, 0.15) is 47.5 Å². The summed E-state index contributed by atoms with van der Waals surface area (Å²) in [6.45, 7) is 15.7. The number of hydrogen-bond donors (Lipinski definition) is 0. The Morgan fingerprint density at radius 2 is 1.88 bits per heavy atom. The van der Waals surface area contributed by atoms with Crippen molar-refractivity contribution >= 4 is 0 Å². The normalized spacial score (nSPS) is 18.1. The molecule has 0 aromatic heterocycles. The van der Waals surface area contributed by atoms with Gasteiger partial charge in [-0.2, -0.15) is 0 Å².